The fourth-order valence-electron chi connectivity index (χ4n) is 2.79. The van der Waals surface area contributed by atoms with Crippen LogP contribution in [0, 0.1) is 0 Å². The number of para-hydroxylation sites is 1. The zero-order valence-electron chi connectivity index (χ0n) is 13.2. The van der Waals surface area contributed by atoms with Gasteiger partial charge in [-0.05, 0) is 42.7 Å². The predicted molar refractivity (Wildman–Crippen MR) is 90.7 cm³/mol. The Labute approximate surface area is 136 Å². The van der Waals surface area contributed by atoms with E-state index in [0.29, 0.717) is 19.6 Å². The van der Waals surface area contributed by atoms with Crippen LogP contribution in [0.4, 0.5) is 0 Å². The molecular weight excluding hydrogens is 290 g/mol. The fourth-order valence-corrected chi connectivity index (χ4v) is 2.79. The highest BCUT2D eigenvalue weighted by molar-refractivity contribution is 5.69. The van der Waals surface area contributed by atoms with E-state index in [-0.39, 0.29) is 11.8 Å². The largest absolute Gasteiger partial charge is 0.508 e. The molecule has 1 aliphatic rings. The van der Waals surface area contributed by atoms with Crippen molar-refractivity contribution in [1.82, 2.24) is 0 Å². The molecule has 4 heteroatoms. The molecular formula is C19H21NO3. The molecule has 2 aromatic rings. The molecule has 0 fully saturated rings. The molecule has 0 saturated heterocycles. The number of hydrogen-bond acceptors (Lipinski definition) is 4. The quantitative estimate of drug-likeness (QED) is 0.904. The van der Waals surface area contributed by atoms with Crippen LogP contribution in [0.2, 0.25) is 0 Å². The van der Waals surface area contributed by atoms with Crippen LogP contribution in [-0.4, -0.2) is 18.3 Å². The number of phenolic OH excluding ortho intramolecular Hbond substituents is 1. The van der Waals surface area contributed by atoms with Gasteiger partial charge in [0.25, 0.3) is 0 Å². The molecule has 0 aromatic heterocycles. The standard InChI is InChI=1S/C19H21NO3/c1-2-13(11-16(20)15-5-3-4-6-17(15)21)14-7-8-18-19(12-14)23-10-9-22-18/h2-8,12,16,21H,9-11,20H2,1H3/b13-2+. The van der Waals surface area contributed by atoms with Crippen molar-refractivity contribution in [1.29, 1.82) is 0 Å². The van der Waals surface area contributed by atoms with Crippen molar-refractivity contribution in [3.63, 3.8) is 0 Å². The fraction of sp³-hybridized carbons (Fsp3) is 0.263. The van der Waals surface area contributed by atoms with Crippen molar-refractivity contribution < 1.29 is 14.6 Å². The SMILES string of the molecule is C/C=C(\CC(N)c1ccccc1O)c1ccc2c(c1)OCCO2. The third-order valence-electron chi connectivity index (χ3n) is 4.04. The second-order valence-corrected chi connectivity index (χ2v) is 5.54. The van der Waals surface area contributed by atoms with E-state index in [0.717, 1.165) is 28.2 Å². The van der Waals surface area contributed by atoms with E-state index in [1.165, 1.54) is 0 Å². The summed E-state index contributed by atoms with van der Waals surface area (Å²) in [6.45, 7) is 3.14. The summed E-state index contributed by atoms with van der Waals surface area (Å²) in [5, 5.41) is 9.96. The van der Waals surface area contributed by atoms with Gasteiger partial charge in [0.05, 0.1) is 0 Å². The Hall–Kier alpha value is -2.46. The highest BCUT2D eigenvalue weighted by Gasteiger charge is 2.16. The molecule has 0 aliphatic carbocycles. The van der Waals surface area contributed by atoms with Gasteiger partial charge in [0.15, 0.2) is 11.5 Å². The van der Waals surface area contributed by atoms with Crippen LogP contribution in [0.5, 0.6) is 17.2 Å². The van der Waals surface area contributed by atoms with Crippen molar-refractivity contribution in [2.75, 3.05) is 13.2 Å². The molecule has 1 unspecified atom stereocenters. The number of hydrogen-bond donors (Lipinski definition) is 2. The molecule has 1 atom stereocenters. The zero-order chi connectivity index (χ0) is 16.2. The molecule has 3 rings (SSSR count). The third-order valence-corrected chi connectivity index (χ3v) is 4.04. The lowest BCUT2D eigenvalue weighted by atomic mass is 9.94. The summed E-state index contributed by atoms with van der Waals surface area (Å²) in [4.78, 5) is 0. The monoisotopic (exact) mass is 311 g/mol. The van der Waals surface area contributed by atoms with E-state index in [4.69, 9.17) is 15.2 Å². The van der Waals surface area contributed by atoms with Gasteiger partial charge in [-0.3, -0.25) is 0 Å². The van der Waals surface area contributed by atoms with Gasteiger partial charge in [0.2, 0.25) is 0 Å². The van der Waals surface area contributed by atoms with E-state index in [2.05, 4.69) is 0 Å². The predicted octanol–water partition coefficient (Wildman–Crippen LogP) is 3.66. The van der Waals surface area contributed by atoms with Gasteiger partial charge in [-0.25, -0.2) is 0 Å². The highest BCUT2D eigenvalue weighted by atomic mass is 16.6. The Kier molecular flexibility index (Phi) is 4.53. The maximum absolute atomic E-state index is 9.96. The molecule has 0 bridgehead atoms. The zero-order valence-corrected chi connectivity index (χ0v) is 13.2. The summed E-state index contributed by atoms with van der Waals surface area (Å²) in [6, 6.07) is 12.9. The average molecular weight is 311 g/mol. The van der Waals surface area contributed by atoms with Crippen LogP contribution in [0.1, 0.15) is 30.5 Å². The van der Waals surface area contributed by atoms with Crippen molar-refractivity contribution in [3.05, 3.63) is 59.7 Å². The number of aromatic hydroxyl groups is 1. The molecule has 0 amide bonds. The van der Waals surface area contributed by atoms with E-state index in [9.17, 15) is 5.11 Å². The molecule has 1 heterocycles. The summed E-state index contributed by atoms with van der Waals surface area (Å²) < 4.78 is 11.2. The molecule has 0 spiro atoms. The summed E-state index contributed by atoms with van der Waals surface area (Å²) in [5.74, 6) is 1.78. The smallest absolute Gasteiger partial charge is 0.161 e. The second kappa shape index (κ2) is 6.75. The number of fused-ring (bicyclic) bond motifs is 1. The van der Waals surface area contributed by atoms with Crippen LogP contribution < -0.4 is 15.2 Å². The highest BCUT2D eigenvalue weighted by Crippen LogP contribution is 2.36. The Morgan fingerprint density at radius 2 is 1.91 bits per heavy atom. The number of rotatable bonds is 4. The van der Waals surface area contributed by atoms with E-state index < -0.39 is 0 Å². The first-order valence-corrected chi connectivity index (χ1v) is 7.77. The van der Waals surface area contributed by atoms with Crippen LogP contribution in [0.15, 0.2) is 48.5 Å². The van der Waals surface area contributed by atoms with Gasteiger partial charge in [-0.2, -0.15) is 0 Å². The summed E-state index contributed by atoms with van der Waals surface area (Å²) in [7, 11) is 0. The lowest BCUT2D eigenvalue weighted by Gasteiger charge is -2.20. The van der Waals surface area contributed by atoms with Crippen LogP contribution >= 0.6 is 0 Å². The molecule has 4 nitrogen and oxygen atoms in total. The third kappa shape index (κ3) is 3.32. The van der Waals surface area contributed by atoms with Gasteiger partial charge in [0, 0.05) is 11.6 Å². The average Bonchev–Trinajstić information content (AvgIpc) is 2.59. The molecule has 2 aromatic carbocycles. The first-order valence-electron chi connectivity index (χ1n) is 7.77. The van der Waals surface area contributed by atoms with Gasteiger partial charge >= 0.3 is 0 Å². The maximum Gasteiger partial charge on any atom is 0.161 e. The number of phenols is 1. The van der Waals surface area contributed by atoms with Gasteiger partial charge in [-0.1, -0.05) is 30.3 Å². The minimum absolute atomic E-state index is 0.234. The number of allylic oxidation sites excluding steroid dienone is 1. The minimum atomic E-state index is -0.268. The number of nitrogens with two attached hydrogens (primary N) is 1. The lowest BCUT2D eigenvalue weighted by molar-refractivity contribution is 0.171. The summed E-state index contributed by atoms with van der Waals surface area (Å²) in [5.41, 5.74) is 9.21. The van der Waals surface area contributed by atoms with Crippen molar-refractivity contribution >= 4 is 5.57 Å². The first-order chi connectivity index (χ1) is 11.2. The number of benzene rings is 2. The van der Waals surface area contributed by atoms with E-state index >= 15 is 0 Å². The van der Waals surface area contributed by atoms with Crippen LogP contribution in [0.25, 0.3) is 5.57 Å². The Morgan fingerprint density at radius 1 is 1.17 bits per heavy atom. The summed E-state index contributed by atoms with van der Waals surface area (Å²) >= 11 is 0. The molecule has 23 heavy (non-hydrogen) atoms. The first kappa shape index (κ1) is 15.4. The minimum Gasteiger partial charge on any atom is -0.508 e. The molecule has 3 N–H and O–H groups in total. The Bertz CT molecular complexity index is 724. The molecule has 0 radical (unpaired) electrons. The maximum atomic E-state index is 9.96. The summed E-state index contributed by atoms with van der Waals surface area (Å²) in [6.07, 6.45) is 2.68. The van der Waals surface area contributed by atoms with E-state index in [1.54, 1.807) is 12.1 Å². The van der Waals surface area contributed by atoms with Crippen molar-refractivity contribution in [3.8, 4) is 17.2 Å². The van der Waals surface area contributed by atoms with Gasteiger partial charge in [-0.15, -0.1) is 0 Å². The normalized spacial score (nSPS) is 15.3. The van der Waals surface area contributed by atoms with Crippen LogP contribution in [0.3, 0.4) is 0 Å². The van der Waals surface area contributed by atoms with Gasteiger partial charge < -0.3 is 20.3 Å². The molecule has 1 aliphatic heterocycles. The van der Waals surface area contributed by atoms with Crippen LogP contribution in [-0.2, 0) is 0 Å². The molecule has 0 saturated carbocycles. The van der Waals surface area contributed by atoms with E-state index in [1.807, 2.05) is 43.3 Å². The second-order valence-electron chi connectivity index (χ2n) is 5.54. The lowest BCUT2D eigenvalue weighted by Crippen LogP contribution is -2.15. The van der Waals surface area contributed by atoms with Gasteiger partial charge in [0.1, 0.15) is 19.0 Å². The molecule has 120 valence electrons. The van der Waals surface area contributed by atoms with Crippen molar-refractivity contribution in [2.24, 2.45) is 5.73 Å². The Balaban J connectivity index is 1.82. The van der Waals surface area contributed by atoms with Crippen molar-refractivity contribution in [2.45, 2.75) is 19.4 Å². The Morgan fingerprint density at radius 3 is 2.65 bits per heavy atom. The number of ether oxygens (including phenoxy) is 2. The topological polar surface area (TPSA) is 64.7 Å².